The zero-order chi connectivity index (χ0) is 36.8. The van der Waals surface area contributed by atoms with Crippen LogP contribution in [-0.4, -0.2) is 99.0 Å². The van der Waals surface area contributed by atoms with Crippen LogP contribution in [0.5, 0.6) is 11.5 Å². The third-order valence-electron chi connectivity index (χ3n) is 9.20. The number of hydrogen-bond donors (Lipinski definition) is 4. The van der Waals surface area contributed by atoms with E-state index in [1.165, 1.54) is 13.1 Å². The maximum Gasteiger partial charge on any atom is 0.264 e. The normalized spacial score (nSPS) is 21.7. The average molecular weight is 711 g/mol. The van der Waals surface area contributed by atoms with E-state index in [0.29, 0.717) is 22.7 Å². The number of rotatable bonds is 3. The van der Waals surface area contributed by atoms with E-state index in [4.69, 9.17) is 9.47 Å². The van der Waals surface area contributed by atoms with E-state index >= 15 is 0 Å². The lowest BCUT2D eigenvalue weighted by molar-refractivity contribution is -0.143. The second-order valence-corrected chi connectivity index (χ2v) is 13.1. The Bertz CT molecular complexity index is 1940. The first-order valence-electron chi connectivity index (χ1n) is 17.3. The third-order valence-corrected chi connectivity index (χ3v) is 9.20. The number of nitrogens with zero attached hydrogens (tertiary/aromatic N) is 4. The Hall–Kier alpha value is -5.99. The van der Waals surface area contributed by atoms with Gasteiger partial charge in [0.15, 0.2) is 11.2 Å². The number of carbonyl (C=O) groups excluding carboxylic acids is 5. The van der Waals surface area contributed by atoms with Crippen LogP contribution in [0.4, 0.5) is 0 Å². The summed E-state index contributed by atoms with van der Waals surface area (Å²) >= 11 is 0. The van der Waals surface area contributed by atoms with Crippen LogP contribution in [-0.2, 0) is 25.6 Å². The smallest absolute Gasteiger partial charge is 0.264 e. The largest absolute Gasteiger partial charge is 0.492 e. The Morgan fingerprint density at radius 1 is 0.865 bits per heavy atom. The Morgan fingerprint density at radius 3 is 2.29 bits per heavy atom. The van der Waals surface area contributed by atoms with Crippen molar-refractivity contribution in [2.45, 2.75) is 63.8 Å². The maximum atomic E-state index is 14.2. The lowest BCUT2D eigenvalue weighted by Crippen LogP contribution is -2.61. The minimum Gasteiger partial charge on any atom is -0.492 e. The van der Waals surface area contributed by atoms with Gasteiger partial charge in [-0.15, -0.1) is 0 Å². The van der Waals surface area contributed by atoms with Gasteiger partial charge < -0.3 is 35.6 Å². The molecule has 272 valence electrons. The van der Waals surface area contributed by atoms with Crippen LogP contribution in [0.3, 0.4) is 0 Å². The van der Waals surface area contributed by atoms with Gasteiger partial charge in [0.1, 0.15) is 41.8 Å². The van der Waals surface area contributed by atoms with E-state index in [2.05, 4.69) is 31.3 Å². The number of fused-ring (bicyclic) bond motifs is 16. The first-order valence-corrected chi connectivity index (χ1v) is 17.3. The number of ether oxygens (including phenoxy) is 2. The molecule has 2 aromatic carbocycles. The molecule has 0 aliphatic carbocycles. The molecule has 52 heavy (non-hydrogen) atoms. The highest BCUT2D eigenvalue weighted by molar-refractivity contribution is 6.00. The number of likely N-dealkylation sites (tertiary alicyclic amines) is 1. The Kier molecular flexibility index (Phi) is 10.7. The standard InChI is InChI=1S/C37H42N8O7/c1-23-20-39-31-29(21-40-45(31)22-23)35(49)44-16-13-37(14-17-44)36(50)42-25(3)33(47)43-30(19-26-7-5-4-6-8-26)34(48)41-24(2)32(46)38-15-18-51-27-9-11-28(52-37)12-10-27/h4-12,20-22,24-25,30H,13-19H2,1-3H3,(H,38,46)(H,41,48)(H,42,50)(H,43,47)/t24-,25-,30-/m0/s1. The van der Waals surface area contributed by atoms with Crippen molar-refractivity contribution in [1.29, 1.82) is 0 Å². The van der Waals surface area contributed by atoms with Gasteiger partial charge in [0.2, 0.25) is 17.7 Å². The average Bonchev–Trinajstić information content (AvgIpc) is 3.56. The fourth-order valence-electron chi connectivity index (χ4n) is 6.19. The van der Waals surface area contributed by atoms with Gasteiger partial charge in [0.25, 0.3) is 11.8 Å². The molecular formula is C37H42N8O7. The van der Waals surface area contributed by atoms with E-state index < -0.39 is 47.4 Å². The molecule has 4 N–H and O–H groups in total. The maximum absolute atomic E-state index is 14.2. The fraction of sp³-hybridized carbons (Fsp3) is 0.378. The van der Waals surface area contributed by atoms with E-state index in [-0.39, 0.29) is 51.4 Å². The van der Waals surface area contributed by atoms with Crippen LogP contribution in [0.1, 0.15) is 48.2 Å². The van der Waals surface area contributed by atoms with Crippen LogP contribution in [0.25, 0.3) is 5.65 Å². The van der Waals surface area contributed by atoms with Gasteiger partial charge >= 0.3 is 0 Å². The minimum atomic E-state index is -1.44. The number of benzene rings is 2. The van der Waals surface area contributed by atoms with Gasteiger partial charge in [-0.1, -0.05) is 30.3 Å². The van der Waals surface area contributed by atoms with E-state index in [1.807, 2.05) is 37.3 Å². The Labute approximate surface area is 300 Å². The molecule has 1 saturated heterocycles. The van der Waals surface area contributed by atoms with Crippen molar-refractivity contribution in [1.82, 2.24) is 40.8 Å². The van der Waals surface area contributed by atoms with Crippen molar-refractivity contribution < 1.29 is 33.4 Å². The predicted molar refractivity (Wildman–Crippen MR) is 188 cm³/mol. The summed E-state index contributed by atoms with van der Waals surface area (Å²) in [5, 5.41) is 15.3. The molecule has 0 unspecified atom stereocenters. The molecule has 3 aliphatic rings. The van der Waals surface area contributed by atoms with Crippen molar-refractivity contribution in [3.63, 3.8) is 0 Å². The summed E-state index contributed by atoms with van der Waals surface area (Å²) in [6.45, 7) is 5.66. The molecule has 1 spiro atoms. The lowest BCUT2D eigenvalue weighted by atomic mass is 9.89. The van der Waals surface area contributed by atoms with Crippen LogP contribution in [0.2, 0.25) is 0 Å². The molecule has 5 heterocycles. The molecule has 3 aliphatic heterocycles. The monoisotopic (exact) mass is 710 g/mol. The van der Waals surface area contributed by atoms with E-state index in [1.54, 1.807) is 53.0 Å². The van der Waals surface area contributed by atoms with Crippen molar-refractivity contribution >= 4 is 35.2 Å². The first-order chi connectivity index (χ1) is 25.0. The highest BCUT2D eigenvalue weighted by Crippen LogP contribution is 2.31. The first kappa shape index (κ1) is 35.8. The molecule has 3 atom stereocenters. The topological polar surface area (TPSA) is 185 Å². The minimum absolute atomic E-state index is 0.125. The molecule has 2 aromatic heterocycles. The van der Waals surface area contributed by atoms with Crippen molar-refractivity contribution in [2.24, 2.45) is 0 Å². The van der Waals surface area contributed by atoms with Crippen molar-refractivity contribution in [3.05, 3.63) is 89.9 Å². The molecule has 1 fully saturated rings. The fourth-order valence-corrected chi connectivity index (χ4v) is 6.19. The van der Waals surface area contributed by atoms with E-state index in [0.717, 1.165) is 11.1 Å². The molecule has 0 saturated carbocycles. The Morgan fingerprint density at radius 2 is 1.56 bits per heavy atom. The molecule has 7 rings (SSSR count). The van der Waals surface area contributed by atoms with Gasteiger partial charge in [0, 0.05) is 44.7 Å². The number of hydrogen-bond acceptors (Lipinski definition) is 9. The van der Waals surface area contributed by atoms with Gasteiger partial charge in [-0.25, -0.2) is 9.50 Å². The summed E-state index contributed by atoms with van der Waals surface area (Å²) in [7, 11) is 0. The van der Waals surface area contributed by atoms with Crippen LogP contribution >= 0.6 is 0 Å². The third kappa shape index (κ3) is 8.14. The number of aryl methyl sites for hydroxylation is 1. The highest BCUT2D eigenvalue weighted by atomic mass is 16.5. The van der Waals surface area contributed by atoms with Crippen LogP contribution in [0.15, 0.2) is 73.2 Å². The quantitative estimate of drug-likeness (QED) is 0.228. The van der Waals surface area contributed by atoms with Gasteiger partial charge in [-0.05, 0) is 56.2 Å². The lowest BCUT2D eigenvalue weighted by Gasteiger charge is -2.41. The second-order valence-electron chi connectivity index (χ2n) is 13.1. The Balaban J connectivity index is 1.24. The summed E-state index contributed by atoms with van der Waals surface area (Å²) in [4.78, 5) is 73.6. The van der Waals surface area contributed by atoms with E-state index in [9.17, 15) is 24.0 Å². The molecular weight excluding hydrogens is 668 g/mol. The molecule has 0 radical (unpaired) electrons. The molecule has 5 amide bonds. The molecule has 4 aromatic rings. The van der Waals surface area contributed by atoms with Gasteiger partial charge in [-0.2, -0.15) is 5.10 Å². The summed E-state index contributed by atoms with van der Waals surface area (Å²) < 4.78 is 13.8. The number of carbonyl (C=O) groups is 5. The highest BCUT2D eigenvalue weighted by Gasteiger charge is 2.46. The van der Waals surface area contributed by atoms with Crippen molar-refractivity contribution in [3.8, 4) is 11.5 Å². The SMILES string of the molecule is Cc1cnc2c(C(=O)N3CCC4(CC3)Oc3ccc(cc3)OCCNC(=O)[C@H](C)NC(=O)[C@H](Cc3ccccc3)NC(=O)[C@H](C)NC4=O)cnn2c1. The predicted octanol–water partition coefficient (Wildman–Crippen LogP) is 1.34. The summed E-state index contributed by atoms with van der Waals surface area (Å²) in [6.07, 6.45) is 5.34. The molecule has 15 heteroatoms. The number of piperidine rings is 1. The van der Waals surface area contributed by atoms with Crippen molar-refractivity contribution in [2.75, 3.05) is 26.2 Å². The summed E-state index contributed by atoms with van der Waals surface area (Å²) in [5.74, 6) is -1.48. The van der Waals surface area contributed by atoms with Gasteiger partial charge in [0.05, 0.1) is 12.7 Å². The van der Waals surface area contributed by atoms with Crippen LogP contribution in [0, 0.1) is 6.92 Å². The number of nitrogens with one attached hydrogen (secondary N) is 4. The zero-order valence-corrected chi connectivity index (χ0v) is 29.3. The van der Waals surface area contributed by atoms with Crippen LogP contribution < -0.4 is 30.7 Å². The number of amides is 5. The molecule has 15 nitrogen and oxygen atoms in total. The van der Waals surface area contributed by atoms with Gasteiger partial charge in [-0.3, -0.25) is 24.0 Å². The molecule has 2 bridgehead atoms. The summed E-state index contributed by atoms with van der Waals surface area (Å²) in [5.41, 5.74) is 1.03. The summed E-state index contributed by atoms with van der Waals surface area (Å²) in [6, 6.07) is 12.8. The second kappa shape index (κ2) is 15.5. The zero-order valence-electron chi connectivity index (χ0n) is 29.3. The number of aromatic nitrogens is 3.